The van der Waals surface area contributed by atoms with E-state index in [2.05, 4.69) is 40.7 Å². The van der Waals surface area contributed by atoms with E-state index in [1.807, 2.05) is 25.1 Å². The van der Waals surface area contributed by atoms with E-state index in [-0.39, 0.29) is 24.0 Å². The molecule has 0 aliphatic heterocycles. The molecule has 0 saturated carbocycles. The molecule has 0 atom stereocenters. The number of benzene rings is 1. The van der Waals surface area contributed by atoms with Crippen molar-refractivity contribution in [2.24, 2.45) is 4.99 Å². The first-order valence-corrected chi connectivity index (χ1v) is 8.84. The van der Waals surface area contributed by atoms with Crippen molar-refractivity contribution in [1.29, 1.82) is 0 Å². The number of aliphatic imine (C=N–C) groups is 1. The largest absolute Gasteiger partial charge is 0.494 e. The zero-order valence-electron chi connectivity index (χ0n) is 16.0. The Morgan fingerprint density at radius 3 is 2.50 bits per heavy atom. The van der Waals surface area contributed by atoms with Crippen molar-refractivity contribution < 1.29 is 9.26 Å². The van der Waals surface area contributed by atoms with Gasteiger partial charge in [0.25, 0.3) is 0 Å². The molecule has 144 valence electrons. The van der Waals surface area contributed by atoms with Crippen LogP contribution in [0, 0.1) is 0 Å². The minimum atomic E-state index is 0. The minimum Gasteiger partial charge on any atom is -0.494 e. The van der Waals surface area contributed by atoms with E-state index >= 15 is 0 Å². The number of ether oxygens (including phenoxy) is 1. The van der Waals surface area contributed by atoms with Crippen LogP contribution < -0.4 is 15.4 Å². The molecule has 6 nitrogen and oxygen atoms in total. The van der Waals surface area contributed by atoms with Crippen LogP contribution in [0.2, 0.25) is 0 Å². The molecule has 0 unspecified atom stereocenters. The van der Waals surface area contributed by atoms with E-state index in [0.29, 0.717) is 19.7 Å². The third-order valence-electron chi connectivity index (χ3n) is 3.98. The molecule has 0 radical (unpaired) electrons. The molecule has 0 amide bonds. The van der Waals surface area contributed by atoms with Crippen molar-refractivity contribution in [3.8, 4) is 5.75 Å². The van der Waals surface area contributed by atoms with Gasteiger partial charge >= 0.3 is 0 Å². The first kappa shape index (κ1) is 22.3. The molecule has 7 heteroatoms. The predicted octanol–water partition coefficient (Wildman–Crippen LogP) is 3.68. The van der Waals surface area contributed by atoms with Gasteiger partial charge in [0.1, 0.15) is 11.5 Å². The van der Waals surface area contributed by atoms with Gasteiger partial charge in [0.15, 0.2) is 5.96 Å². The molecule has 0 saturated heterocycles. The Hall–Kier alpha value is -1.77. The Balaban J connectivity index is 0.00000338. The number of aromatic nitrogens is 1. The molecular formula is C19H29IN4O2. The van der Waals surface area contributed by atoms with Crippen LogP contribution in [0.15, 0.2) is 33.8 Å². The number of para-hydroxylation sites is 1. The Kier molecular flexibility index (Phi) is 10.1. The van der Waals surface area contributed by atoms with E-state index < -0.39 is 0 Å². The lowest BCUT2D eigenvalue weighted by atomic mass is 10.1. The summed E-state index contributed by atoms with van der Waals surface area (Å²) in [7, 11) is 1.76. The summed E-state index contributed by atoms with van der Waals surface area (Å²) in [5, 5.41) is 10.8. The molecular weight excluding hydrogens is 443 g/mol. The molecule has 1 aromatic heterocycles. The lowest BCUT2D eigenvalue weighted by Crippen LogP contribution is -2.36. The molecule has 0 spiro atoms. The maximum atomic E-state index is 5.66. The molecule has 1 heterocycles. The summed E-state index contributed by atoms with van der Waals surface area (Å²) >= 11 is 0. The predicted molar refractivity (Wildman–Crippen MR) is 115 cm³/mol. The summed E-state index contributed by atoms with van der Waals surface area (Å²) in [6.07, 6.45) is 1.69. The number of guanidine groups is 1. The third kappa shape index (κ3) is 5.89. The molecule has 2 N–H and O–H groups in total. The maximum Gasteiger partial charge on any atom is 0.191 e. The van der Waals surface area contributed by atoms with Crippen molar-refractivity contribution in [1.82, 2.24) is 15.8 Å². The summed E-state index contributed by atoms with van der Waals surface area (Å²) < 4.78 is 11.1. The SMILES string of the molecule is CCOc1ccccc1CNC(=NC)NCc1c(CC)noc1CC.I. The second kappa shape index (κ2) is 11.8. The van der Waals surface area contributed by atoms with Crippen molar-refractivity contribution in [3.05, 3.63) is 46.8 Å². The van der Waals surface area contributed by atoms with Crippen molar-refractivity contribution in [3.63, 3.8) is 0 Å². The van der Waals surface area contributed by atoms with Crippen LogP contribution in [0.25, 0.3) is 0 Å². The smallest absolute Gasteiger partial charge is 0.191 e. The lowest BCUT2D eigenvalue weighted by molar-refractivity contribution is 0.336. The van der Waals surface area contributed by atoms with Crippen LogP contribution in [0.3, 0.4) is 0 Å². The van der Waals surface area contributed by atoms with Gasteiger partial charge in [-0.1, -0.05) is 37.2 Å². The molecule has 2 aromatic rings. The highest BCUT2D eigenvalue weighted by molar-refractivity contribution is 14.0. The molecule has 0 aliphatic rings. The Morgan fingerprint density at radius 2 is 1.85 bits per heavy atom. The summed E-state index contributed by atoms with van der Waals surface area (Å²) in [6, 6.07) is 8.02. The Labute approximate surface area is 172 Å². The van der Waals surface area contributed by atoms with E-state index in [1.165, 1.54) is 0 Å². The van der Waals surface area contributed by atoms with Crippen LogP contribution in [0.1, 0.15) is 43.4 Å². The van der Waals surface area contributed by atoms with E-state index in [4.69, 9.17) is 9.26 Å². The Morgan fingerprint density at radius 1 is 1.12 bits per heavy atom. The van der Waals surface area contributed by atoms with Gasteiger partial charge in [-0.15, -0.1) is 24.0 Å². The van der Waals surface area contributed by atoms with Gasteiger partial charge in [0.05, 0.1) is 12.3 Å². The van der Waals surface area contributed by atoms with Crippen LogP contribution in [0.4, 0.5) is 0 Å². The van der Waals surface area contributed by atoms with Crippen molar-refractivity contribution >= 4 is 29.9 Å². The van der Waals surface area contributed by atoms with Crippen LogP contribution in [-0.2, 0) is 25.9 Å². The van der Waals surface area contributed by atoms with Gasteiger partial charge in [-0.2, -0.15) is 0 Å². The van der Waals surface area contributed by atoms with E-state index in [0.717, 1.165) is 47.1 Å². The van der Waals surface area contributed by atoms with Gasteiger partial charge in [0, 0.05) is 37.7 Å². The quantitative estimate of drug-likeness (QED) is 0.349. The van der Waals surface area contributed by atoms with Crippen LogP contribution >= 0.6 is 24.0 Å². The number of rotatable bonds is 8. The number of hydrogen-bond donors (Lipinski definition) is 2. The molecule has 0 fully saturated rings. The molecule has 1 aromatic carbocycles. The highest BCUT2D eigenvalue weighted by Gasteiger charge is 2.13. The average molecular weight is 472 g/mol. The van der Waals surface area contributed by atoms with Gasteiger partial charge in [-0.25, -0.2) is 0 Å². The zero-order chi connectivity index (χ0) is 18.1. The van der Waals surface area contributed by atoms with Crippen LogP contribution in [0.5, 0.6) is 5.75 Å². The monoisotopic (exact) mass is 472 g/mol. The topological polar surface area (TPSA) is 71.7 Å². The van der Waals surface area contributed by atoms with Crippen LogP contribution in [-0.4, -0.2) is 24.8 Å². The number of hydrogen-bond acceptors (Lipinski definition) is 4. The van der Waals surface area contributed by atoms with E-state index in [1.54, 1.807) is 7.05 Å². The number of nitrogens with zero attached hydrogens (tertiary/aromatic N) is 2. The van der Waals surface area contributed by atoms with Gasteiger partial charge in [0.2, 0.25) is 0 Å². The standard InChI is InChI=1S/C19H28N4O2.HI/c1-5-16-15(17(6-2)25-23-16)13-22-19(20-4)21-12-14-10-8-9-11-18(14)24-7-3;/h8-11H,5-7,12-13H2,1-4H3,(H2,20,21,22);1H. The van der Waals surface area contributed by atoms with Crippen molar-refractivity contribution in [2.45, 2.75) is 46.7 Å². The Bertz CT molecular complexity index is 679. The summed E-state index contributed by atoms with van der Waals surface area (Å²) in [6.45, 7) is 8.07. The average Bonchev–Trinajstić information content (AvgIpc) is 3.05. The third-order valence-corrected chi connectivity index (χ3v) is 3.98. The lowest BCUT2D eigenvalue weighted by Gasteiger charge is -2.14. The summed E-state index contributed by atoms with van der Waals surface area (Å²) in [5.74, 6) is 2.56. The molecule has 0 aliphatic carbocycles. The summed E-state index contributed by atoms with van der Waals surface area (Å²) in [5.41, 5.74) is 3.23. The zero-order valence-corrected chi connectivity index (χ0v) is 18.3. The molecule has 0 bridgehead atoms. The fourth-order valence-electron chi connectivity index (χ4n) is 2.66. The summed E-state index contributed by atoms with van der Waals surface area (Å²) in [4.78, 5) is 4.29. The number of aryl methyl sites for hydroxylation is 2. The molecule has 26 heavy (non-hydrogen) atoms. The normalized spacial score (nSPS) is 11.0. The first-order valence-electron chi connectivity index (χ1n) is 8.84. The molecule has 2 rings (SSSR count). The van der Waals surface area contributed by atoms with Gasteiger partial charge in [-0.3, -0.25) is 4.99 Å². The van der Waals surface area contributed by atoms with Gasteiger partial charge < -0.3 is 19.9 Å². The number of nitrogens with one attached hydrogen (secondary N) is 2. The second-order valence-corrected chi connectivity index (χ2v) is 5.56. The second-order valence-electron chi connectivity index (χ2n) is 5.56. The fourth-order valence-corrected chi connectivity index (χ4v) is 2.66. The number of halogens is 1. The fraction of sp³-hybridized carbons (Fsp3) is 0.474. The maximum absolute atomic E-state index is 5.66. The van der Waals surface area contributed by atoms with Crippen molar-refractivity contribution in [2.75, 3.05) is 13.7 Å². The first-order chi connectivity index (χ1) is 12.2. The highest BCUT2D eigenvalue weighted by Crippen LogP contribution is 2.18. The van der Waals surface area contributed by atoms with E-state index in [9.17, 15) is 0 Å². The highest BCUT2D eigenvalue weighted by atomic mass is 127. The minimum absolute atomic E-state index is 0. The van der Waals surface area contributed by atoms with Gasteiger partial charge in [-0.05, 0) is 19.4 Å².